The molecule has 1 N–H and O–H groups in total. The van der Waals surface area contributed by atoms with Gasteiger partial charge in [-0.3, -0.25) is 4.68 Å². The van der Waals surface area contributed by atoms with Gasteiger partial charge < -0.3 is 5.21 Å². The molecular weight excluding hydrogens is 226 g/mol. The van der Waals surface area contributed by atoms with Gasteiger partial charge >= 0.3 is 0 Å². The average molecular weight is 236 g/mol. The third kappa shape index (κ3) is 2.41. The van der Waals surface area contributed by atoms with Crippen molar-refractivity contribution in [1.82, 2.24) is 9.78 Å². The zero-order valence-electron chi connectivity index (χ0n) is 8.42. The SMILES string of the molecule is O/N=C(\Cn1cccn1)c1ccc(Cl)cc1. The van der Waals surface area contributed by atoms with Crippen LogP contribution in [0.5, 0.6) is 0 Å². The monoisotopic (exact) mass is 235 g/mol. The summed E-state index contributed by atoms with van der Waals surface area (Å²) < 4.78 is 1.68. The molecule has 0 saturated carbocycles. The third-order valence-electron chi connectivity index (χ3n) is 2.17. The summed E-state index contributed by atoms with van der Waals surface area (Å²) in [6, 6.07) is 8.94. The summed E-state index contributed by atoms with van der Waals surface area (Å²) in [4.78, 5) is 0. The largest absolute Gasteiger partial charge is 0.411 e. The summed E-state index contributed by atoms with van der Waals surface area (Å²) in [6.45, 7) is 0.422. The van der Waals surface area contributed by atoms with Gasteiger partial charge in [0.05, 0.1) is 6.54 Å². The van der Waals surface area contributed by atoms with Crippen LogP contribution in [0.15, 0.2) is 47.9 Å². The van der Waals surface area contributed by atoms with Crippen molar-refractivity contribution in [3.8, 4) is 0 Å². The molecule has 5 heteroatoms. The highest BCUT2D eigenvalue weighted by molar-refractivity contribution is 6.30. The molecular formula is C11H10ClN3O. The lowest BCUT2D eigenvalue weighted by Crippen LogP contribution is -2.12. The number of aromatic nitrogens is 2. The van der Waals surface area contributed by atoms with Crippen LogP contribution in [0.1, 0.15) is 5.56 Å². The zero-order chi connectivity index (χ0) is 11.4. The fourth-order valence-electron chi connectivity index (χ4n) is 1.37. The Kier molecular flexibility index (Phi) is 3.22. The fraction of sp³-hybridized carbons (Fsp3) is 0.0909. The summed E-state index contributed by atoms with van der Waals surface area (Å²) >= 11 is 5.78. The molecule has 4 nitrogen and oxygen atoms in total. The number of hydrogen-bond donors (Lipinski definition) is 1. The molecule has 1 heterocycles. The minimum absolute atomic E-state index is 0.422. The molecule has 0 amide bonds. The molecule has 0 aliphatic carbocycles. The molecule has 0 fully saturated rings. The van der Waals surface area contributed by atoms with E-state index in [1.54, 1.807) is 41.3 Å². The van der Waals surface area contributed by atoms with Crippen LogP contribution in [0.4, 0.5) is 0 Å². The molecule has 2 rings (SSSR count). The topological polar surface area (TPSA) is 50.4 Å². The van der Waals surface area contributed by atoms with E-state index in [1.807, 2.05) is 6.07 Å². The number of rotatable bonds is 3. The number of halogens is 1. The van der Waals surface area contributed by atoms with Crippen LogP contribution < -0.4 is 0 Å². The fourth-order valence-corrected chi connectivity index (χ4v) is 1.50. The van der Waals surface area contributed by atoms with E-state index in [2.05, 4.69) is 10.3 Å². The highest BCUT2D eigenvalue weighted by Gasteiger charge is 2.05. The normalized spacial score (nSPS) is 11.7. The third-order valence-corrected chi connectivity index (χ3v) is 2.42. The molecule has 1 aromatic carbocycles. The van der Waals surface area contributed by atoms with E-state index in [9.17, 15) is 0 Å². The minimum atomic E-state index is 0.422. The second kappa shape index (κ2) is 4.81. The van der Waals surface area contributed by atoms with Crippen LogP contribution in [0, 0.1) is 0 Å². The maximum Gasteiger partial charge on any atom is 0.108 e. The summed E-state index contributed by atoms with van der Waals surface area (Å²) in [5.74, 6) is 0. The number of hydrogen-bond acceptors (Lipinski definition) is 3. The van der Waals surface area contributed by atoms with Crippen LogP contribution in [0.25, 0.3) is 0 Å². The van der Waals surface area contributed by atoms with Crippen molar-refractivity contribution in [1.29, 1.82) is 0 Å². The second-order valence-electron chi connectivity index (χ2n) is 3.26. The Morgan fingerprint density at radius 3 is 2.69 bits per heavy atom. The molecule has 0 spiro atoms. The molecule has 0 aliphatic heterocycles. The first-order valence-corrected chi connectivity index (χ1v) is 5.11. The van der Waals surface area contributed by atoms with Crippen molar-refractivity contribution in [2.45, 2.75) is 6.54 Å². The van der Waals surface area contributed by atoms with Crippen molar-refractivity contribution in [2.75, 3.05) is 0 Å². The maximum absolute atomic E-state index is 8.96. The quantitative estimate of drug-likeness (QED) is 0.505. The van der Waals surface area contributed by atoms with Gasteiger partial charge in [-0.25, -0.2) is 0 Å². The van der Waals surface area contributed by atoms with Crippen LogP contribution >= 0.6 is 11.6 Å². The minimum Gasteiger partial charge on any atom is -0.411 e. The molecule has 82 valence electrons. The molecule has 0 atom stereocenters. The number of oxime groups is 1. The van der Waals surface area contributed by atoms with Gasteiger partial charge in [-0.05, 0) is 18.2 Å². The van der Waals surface area contributed by atoms with Gasteiger partial charge in [-0.2, -0.15) is 5.10 Å². The molecule has 0 unspecified atom stereocenters. The van der Waals surface area contributed by atoms with E-state index >= 15 is 0 Å². The van der Waals surface area contributed by atoms with Crippen molar-refractivity contribution in [3.63, 3.8) is 0 Å². The van der Waals surface area contributed by atoms with Gasteiger partial charge in [0.25, 0.3) is 0 Å². The summed E-state index contributed by atoms with van der Waals surface area (Å²) in [5.41, 5.74) is 1.36. The zero-order valence-corrected chi connectivity index (χ0v) is 9.17. The van der Waals surface area contributed by atoms with E-state index in [4.69, 9.17) is 16.8 Å². The van der Waals surface area contributed by atoms with Crippen LogP contribution in [0.2, 0.25) is 5.02 Å². The second-order valence-corrected chi connectivity index (χ2v) is 3.69. The lowest BCUT2D eigenvalue weighted by Gasteiger charge is -2.04. The van der Waals surface area contributed by atoms with E-state index in [-0.39, 0.29) is 0 Å². The maximum atomic E-state index is 8.96. The first kappa shape index (κ1) is 10.7. The highest BCUT2D eigenvalue weighted by atomic mass is 35.5. The van der Waals surface area contributed by atoms with Crippen molar-refractivity contribution in [2.24, 2.45) is 5.16 Å². The van der Waals surface area contributed by atoms with Gasteiger partial charge in [0.15, 0.2) is 0 Å². The Hall–Kier alpha value is -1.81. The first-order chi connectivity index (χ1) is 7.79. The van der Waals surface area contributed by atoms with E-state index in [1.165, 1.54) is 0 Å². The van der Waals surface area contributed by atoms with Gasteiger partial charge in [0.2, 0.25) is 0 Å². The smallest absolute Gasteiger partial charge is 0.108 e. The van der Waals surface area contributed by atoms with E-state index < -0.39 is 0 Å². The highest BCUT2D eigenvalue weighted by Crippen LogP contribution is 2.11. The Morgan fingerprint density at radius 1 is 1.38 bits per heavy atom. The molecule has 0 aliphatic rings. The summed E-state index contributed by atoms with van der Waals surface area (Å²) in [5, 5.41) is 16.9. The van der Waals surface area contributed by atoms with Crippen molar-refractivity contribution >= 4 is 17.3 Å². The Balaban J connectivity index is 2.20. The van der Waals surface area contributed by atoms with Crippen LogP contribution in [0.3, 0.4) is 0 Å². The average Bonchev–Trinajstić information content (AvgIpc) is 2.80. The molecule has 0 bridgehead atoms. The van der Waals surface area contributed by atoms with E-state index in [0.29, 0.717) is 17.3 Å². The Bertz CT molecular complexity index is 476. The first-order valence-electron chi connectivity index (χ1n) is 4.74. The van der Waals surface area contributed by atoms with Crippen LogP contribution in [-0.4, -0.2) is 20.7 Å². The predicted molar refractivity (Wildman–Crippen MR) is 62.0 cm³/mol. The molecule has 1 aromatic heterocycles. The van der Waals surface area contributed by atoms with Gasteiger partial charge in [0.1, 0.15) is 5.71 Å². The van der Waals surface area contributed by atoms with Gasteiger partial charge in [-0.1, -0.05) is 28.9 Å². The summed E-state index contributed by atoms with van der Waals surface area (Å²) in [6.07, 6.45) is 3.48. The van der Waals surface area contributed by atoms with E-state index in [0.717, 1.165) is 5.56 Å². The number of nitrogens with zero attached hydrogens (tertiary/aromatic N) is 3. The lowest BCUT2D eigenvalue weighted by atomic mass is 10.1. The Labute approximate surface area is 97.8 Å². The Morgan fingerprint density at radius 2 is 2.12 bits per heavy atom. The molecule has 0 radical (unpaired) electrons. The molecule has 0 saturated heterocycles. The predicted octanol–water partition coefficient (Wildman–Crippen LogP) is 2.42. The van der Waals surface area contributed by atoms with Gasteiger partial charge in [-0.15, -0.1) is 0 Å². The van der Waals surface area contributed by atoms with Crippen molar-refractivity contribution in [3.05, 3.63) is 53.3 Å². The van der Waals surface area contributed by atoms with Gasteiger partial charge in [0, 0.05) is 23.0 Å². The number of benzene rings is 1. The lowest BCUT2D eigenvalue weighted by molar-refractivity contribution is 0.317. The molecule has 16 heavy (non-hydrogen) atoms. The summed E-state index contributed by atoms with van der Waals surface area (Å²) in [7, 11) is 0. The molecule has 2 aromatic rings. The standard InChI is InChI=1S/C11H10ClN3O/c12-10-4-2-9(3-5-10)11(14-16)8-15-7-1-6-13-15/h1-7,16H,8H2/b14-11+. The van der Waals surface area contributed by atoms with Crippen LogP contribution in [-0.2, 0) is 6.54 Å². The van der Waals surface area contributed by atoms with Crippen molar-refractivity contribution < 1.29 is 5.21 Å².